The van der Waals surface area contributed by atoms with E-state index in [4.69, 9.17) is 4.74 Å². The number of alkyl halides is 2. The lowest BCUT2D eigenvalue weighted by atomic mass is 10.2. The highest BCUT2D eigenvalue weighted by Gasteiger charge is 1.98. The molecule has 0 unspecified atom stereocenters. The second-order valence-corrected chi connectivity index (χ2v) is 2.25. The highest BCUT2D eigenvalue weighted by atomic mass is 19.3. The van der Waals surface area contributed by atoms with Crippen LogP contribution in [0.1, 0.15) is 19.3 Å². The standard InChI is InChI=1S/C8H14F2O/c1-11-7-5-3-2-4-6-8(9)10/h3,5,8H,2,4,6-7H2,1H3. The van der Waals surface area contributed by atoms with Crippen LogP contribution < -0.4 is 0 Å². The van der Waals surface area contributed by atoms with Crippen LogP contribution >= 0.6 is 0 Å². The average molecular weight is 164 g/mol. The Hall–Kier alpha value is -0.440. The number of methoxy groups -OCH3 is 1. The molecule has 0 heterocycles. The largest absolute Gasteiger partial charge is 0.381 e. The van der Waals surface area contributed by atoms with Crippen molar-refractivity contribution in [2.45, 2.75) is 25.7 Å². The molecule has 0 aromatic heterocycles. The van der Waals surface area contributed by atoms with E-state index in [1.807, 2.05) is 12.2 Å². The van der Waals surface area contributed by atoms with Gasteiger partial charge in [-0.25, -0.2) is 8.78 Å². The molecule has 0 saturated carbocycles. The number of allylic oxidation sites excluding steroid dienone is 1. The van der Waals surface area contributed by atoms with Crippen LogP contribution in [0.5, 0.6) is 0 Å². The van der Waals surface area contributed by atoms with Crippen molar-refractivity contribution in [1.29, 1.82) is 0 Å². The first kappa shape index (κ1) is 10.6. The van der Waals surface area contributed by atoms with E-state index in [0.717, 1.165) is 0 Å². The van der Waals surface area contributed by atoms with E-state index >= 15 is 0 Å². The molecule has 0 radical (unpaired) electrons. The first-order valence-electron chi connectivity index (χ1n) is 3.69. The molecule has 66 valence electrons. The molecule has 11 heavy (non-hydrogen) atoms. The molecule has 0 atom stereocenters. The number of rotatable bonds is 6. The molecule has 0 N–H and O–H groups in total. The van der Waals surface area contributed by atoms with E-state index in [9.17, 15) is 8.78 Å². The van der Waals surface area contributed by atoms with Crippen molar-refractivity contribution in [2.24, 2.45) is 0 Å². The molecule has 0 aliphatic rings. The lowest BCUT2D eigenvalue weighted by Gasteiger charge is -1.94. The summed E-state index contributed by atoms with van der Waals surface area (Å²) in [5.41, 5.74) is 0. The number of unbranched alkanes of at least 4 members (excludes halogenated alkanes) is 1. The third-order valence-electron chi connectivity index (χ3n) is 1.22. The van der Waals surface area contributed by atoms with Gasteiger partial charge in [0, 0.05) is 13.5 Å². The third-order valence-corrected chi connectivity index (χ3v) is 1.22. The molecule has 1 nitrogen and oxygen atoms in total. The van der Waals surface area contributed by atoms with Gasteiger partial charge in [-0.05, 0) is 12.8 Å². The summed E-state index contributed by atoms with van der Waals surface area (Å²) in [4.78, 5) is 0. The molecule has 0 rings (SSSR count). The Morgan fingerprint density at radius 3 is 2.64 bits per heavy atom. The normalized spacial score (nSPS) is 11.6. The van der Waals surface area contributed by atoms with Gasteiger partial charge in [-0.2, -0.15) is 0 Å². The maximum absolute atomic E-state index is 11.6. The Balaban J connectivity index is 3.01. The van der Waals surface area contributed by atoms with E-state index in [-0.39, 0.29) is 6.42 Å². The molecular weight excluding hydrogens is 150 g/mol. The van der Waals surface area contributed by atoms with Crippen LogP contribution in [0, 0.1) is 0 Å². The predicted molar refractivity (Wildman–Crippen MR) is 40.9 cm³/mol. The molecule has 0 fully saturated rings. The van der Waals surface area contributed by atoms with Crippen molar-refractivity contribution in [3.05, 3.63) is 12.2 Å². The summed E-state index contributed by atoms with van der Waals surface area (Å²) in [5.74, 6) is 0. The minimum Gasteiger partial charge on any atom is -0.381 e. The van der Waals surface area contributed by atoms with Gasteiger partial charge in [0.15, 0.2) is 0 Å². The number of ether oxygens (including phenoxy) is 1. The van der Waals surface area contributed by atoms with Gasteiger partial charge >= 0.3 is 0 Å². The first-order chi connectivity index (χ1) is 5.27. The lowest BCUT2D eigenvalue weighted by Crippen LogP contribution is -1.88. The minimum absolute atomic E-state index is 0.00266. The van der Waals surface area contributed by atoms with Crippen molar-refractivity contribution in [3.63, 3.8) is 0 Å². The molecule has 0 aliphatic carbocycles. The average Bonchev–Trinajstić information content (AvgIpc) is 1.96. The van der Waals surface area contributed by atoms with Crippen molar-refractivity contribution >= 4 is 0 Å². The van der Waals surface area contributed by atoms with E-state index in [2.05, 4.69) is 0 Å². The molecule has 0 amide bonds. The van der Waals surface area contributed by atoms with Gasteiger partial charge in [-0.1, -0.05) is 12.2 Å². The Morgan fingerprint density at radius 1 is 1.36 bits per heavy atom. The van der Waals surface area contributed by atoms with Crippen molar-refractivity contribution in [3.8, 4) is 0 Å². The summed E-state index contributed by atoms with van der Waals surface area (Å²) in [6.45, 7) is 0.564. The molecule has 0 saturated heterocycles. The van der Waals surface area contributed by atoms with Crippen LogP contribution in [0.4, 0.5) is 8.78 Å². The van der Waals surface area contributed by atoms with Crippen LogP contribution in [0.25, 0.3) is 0 Å². The van der Waals surface area contributed by atoms with E-state index in [1.54, 1.807) is 7.11 Å². The summed E-state index contributed by atoms with van der Waals surface area (Å²) >= 11 is 0. The molecule has 0 aromatic rings. The number of halogens is 2. The Labute approximate surface area is 66.0 Å². The summed E-state index contributed by atoms with van der Waals surface area (Å²) in [5, 5.41) is 0. The Bertz CT molecular complexity index is 102. The Morgan fingerprint density at radius 2 is 2.09 bits per heavy atom. The van der Waals surface area contributed by atoms with Crippen LogP contribution in [0.3, 0.4) is 0 Å². The monoisotopic (exact) mass is 164 g/mol. The molecule has 0 aromatic carbocycles. The van der Waals surface area contributed by atoms with Crippen molar-refractivity contribution in [1.82, 2.24) is 0 Å². The Kier molecular flexibility index (Phi) is 7.36. The fourth-order valence-corrected chi connectivity index (χ4v) is 0.672. The van der Waals surface area contributed by atoms with Gasteiger partial charge in [-0.3, -0.25) is 0 Å². The SMILES string of the molecule is COCC=CCCCC(F)F. The fourth-order valence-electron chi connectivity index (χ4n) is 0.672. The summed E-state index contributed by atoms with van der Waals surface area (Å²) < 4.78 is 27.9. The molecular formula is C8H14F2O. The zero-order chi connectivity index (χ0) is 8.53. The van der Waals surface area contributed by atoms with Gasteiger partial charge in [0.1, 0.15) is 0 Å². The molecule has 0 bridgehead atoms. The first-order valence-corrected chi connectivity index (χ1v) is 3.69. The maximum Gasteiger partial charge on any atom is 0.238 e. The topological polar surface area (TPSA) is 9.23 Å². The second kappa shape index (κ2) is 7.66. The predicted octanol–water partition coefficient (Wildman–Crippen LogP) is 2.62. The highest BCUT2D eigenvalue weighted by molar-refractivity contribution is 4.80. The van der Waals surface area contributed by atoms with Crippen molar-refractivity contribution < 1.29 is 13.5 Å². The van der Waals surface area contributed by atoms with Gasteiger partial charge in [0.05, 0.1) is 6.61 Å². The smallest absolute Gasteiger partial charge is 0.238 e. The van der Waals surface area contributed by atoms with E-state index < -0.39 is 6.43 Å². The van der Waals surface area contributed by atoms with Gasteiger partial charge < -0.3 is 4.74 Å². The number of hydrogen-bond donors (Lipinski definition) is 0. The van der Waals surface area contributed by atoms with Crippen LogP contribution in [-0.4, -0.2) is 20.1 Å². The number of hydrogen-bond acceptors (Lipinski definition) is 1. The van der Waals surface area contributed by atoms with Gasteiger partial charge in [0.25, 0.3) is 0 Å². The minimum atomic E-state index is -2.16. The van der Waals surface area contributed by atoms with Crippen LogP contribution in [-0.2, 0) is 4.74 Å². The summed E-state index contributed by atoms with van der Waals surface area (Å²) in [6, 6.07) is 0. The van der Waals surface area contributed by atoms with Crippen LogP contribution in [0.2, 0.25) is 0 Å². The molecule has 3 heteroatoms. The zero-order valence-electron chi connectivity index (χ0n) is 6.72. The summed E-state index contributed by atoms with van der Waals surface area (Å²) in [7, 11) is 1.60. The highest BCUT2D eigenvalue weighted by Crippen LogP contribution is 2.05. The maximum atomic E-state index is 11.6. The van der Waals surface area contributed by atoms with Gasteiger partial charge in [-0.15, -0.1) is 0 Å². The van der Waals surface area contributed by atoms with E-state index in [0.29, 0.717) is 19.4 Å². The molecule has 0 aliphatic heterocycles. The quantitative estimate of drug-likeness (QED) is 0.433. The second-order valence-electron chi connectivity index (χ2n) is 2.25. The van der Waals surface area contributed by atoms with Crippen molar-refractivity contribution in [2.75, 3.05) is 13.7 Å². The summed E-state index contributed by atoms with van der Waals surface area (Å²) in [6.07, 6.45) is 2.81. The lowest BCUT2D eigenvalue weighted by molar-refractivity contribution is 0.135. The van der Waals surface area contributed by atoms with Crippen LogP contribution in [0.15, 0.2) is 12.2 Å². The zero-order valence-corrected chi connectivity index (χ0v) is 6.72. The fraction of sp³-hybridized carbons (Fsp3) is 0.750. The van der Waals surface area contributed by atoms with Gasteiger partial charge in [0.2, 0.25) is 6.43 Å². The molecule has 0 spiro atoms. The van der Waals surface area contributed by atoms with E-state index in [1.165, 1.54) is 0 Å². The third kappa shape index (κ3) is 9.56.